The molecular formula is C23H39NO4. The summed E-state index contributed by atoms with van der Waals surface area (Å²) in [6.45, 7) is 7.37. The van der Waals surface area contributed by atoms with Gasteiger partial charge in [0.2, 0.25) is 0 Å². The number of ether oxygens (including phenoxy) is 2. The predicted octanol–water partition coefficient (Wildman–Crippen LogP) is 3.13. The molecule has 4 rings (SSSR count). The van der Waals surface area contributed by atoms with E-state index in [1.807, 2.05) is 6.92 Å². The summed E-state index contributed by atoms with van der Waals surface area (Å²) in [6.07, 6.45) is 6.62. The number of fused-ring (bicyclic) bond motifs is 5. The van der Waals surface area contributed by atoms with Gasteiger partial charge in [-0.15, -0.1) is 0 Å². The maximum absolute atomic E-state index is 12.5. The Bertz CT molecular complexity index is 611. The van der Waals surface area contributed by atoms with E-state index in [1.165, 1.54) is 13.5 Å². The number of nitrogens with two attached hydrogens (primary N) is 1. The molecule has 4 fully saturated rings. The van der Waals surface area contributed by atoms with Crippen molar-refractivity contribution in [3.63, 3.8) is 0 Å². The zero-order chi connectivity index (χ0) is 20.3. The summed E-state index contributed by atoms with van der Waals surface area (Å²) in [5.74, 6) is 2.04. The van der Waals surface area contributed by atoms with Gasteiger partial charge in [-0.3, -0.25) is 4.79 Å². The quantitative estimate of drug-likeness (QED) is 0.720. The van der Waals surface area contributed by atoms with Crippen LogP contribution in [-0.2, 0) is 14.3 Å². The smallest absolute Gasteiger partial charge is 0.309 e. The molecule has 4 aliphatic carbocycles. The first-order valence-corrected chi connectivity index (χ1v) is 11.4. The number of hydrogen-bond acceptors (Lipinski definition) is 5. The molecule has 0 radical (unpaired) electrons. The maximum Gasteiger partial charge on any atom is 0.309 e. The van der Waals surface area contributed by atoms with Crippen molar-refractivity contribution in [2.75, 3.05) is 13.7 Å². The second kappa shape index (κ2) is 7.24. The molecule has 0 aromatic heterocycles. The molecule has 0 aliphatic heterocycles. The highest BCUT2D eigenvalue weighted by atomic mass is 16.5. The molecule has 5 nitrogen and oxygen atoms in total. The average molecular weight is 394 g/mol. The molecule has 0 amide bonds. The lowest BCUT2D eigenvalue weighted by atomic mass is 9.43. The Kier molecular flexibility index (Phi) is 5.33. The summed E-state index contributed by atoms with van der Waals surface area (Å²) in [6, 6.07) is 0.0989. The van der Waals surface area contributed by atoms with Gasteiger partial charge in [0.05, 0.1) is 25.2 Å². The number of carbonyl (C=O) groups excluding carboxylic acids is 1. The minimum atomic E-state index is -0.352. The van der Waals surface area contributed by atoms with Crippen LogP contribution < -0.4 is 5.73 Å². The third kappa shape index (κ3) is 2.87. The minimum Gasteiger partial charge on any atom is -0.469 e. The van der Waals surface area contributed by atoms with Crippen LogP contribution in [0.4, 0.5) is 0 Å². The highest BCUT2D eigenvalue weighted by Gasteiger charge is 2.64. The minimum absolute atomic E-state index is 0.00983. The van der Waals surface area contributed by atoms with Crippen LogP contribution in [0.2, 0.25) is 0 Å². The molecule has 5 heteroatoms. The van der Waals surface area contributed by atoms with Crippen LogP contribution in [0.1, 0.15) is 65.7 Å². The molecule has 160 valence electrons. The van der Waals surface area contributed by atoms with Crippen molar-refractivity contribution >= 4 is 5.97 Å². The summed E-state index contributed by atoms with van der Waals surface area (Å²) < 4.78 is 11.1. The lowest BCUT2D eigenvalue weighted by Gasteiger charge is -2.63. The summed E-state index contributed by atoms with van der Waals surface area (Å²) in [5, 5.41) is 10.6. The van der Waals surface area contributed by atoms with Crippen LogP contribution in [-0.4, -0.2) is 43.0 Å². The molecule has 0 aromatic rings. The number of aliphatic hydroxyl groups excluding tert-OH is 1. The molecule has 0 heterocycles. The van der Waals surface area contributed by atoms with E-state index in [9.17, 15) is 9.90 Å². The van der Waals surface area contributed by atoms with Gasteiger partial charge in [-0.25, -0.2) is 0 Å². The Morgan fingerprint density at radius 2 is 1.89 bits per heavy atom. The lowest BCUT2D eigenvalue weighted by molar-refractivity contribution is -0.179. The van der Waals surface area contributed by atoms with E-state index in [1.54, 1.807) is 0 Å². The van der Waals surface area contributed by atoms with Gasteiger partial charge in [-0.1, -0.05) is 13.8 Å². The number of aliphatic hydroxyl groups is 1. The van der Waals surface area contributed by atoms with Crippen LogP contribution in [0, 0.1) is 40.4 Å². The van der Waals surface area contributed by atoms with E-state index in [0.717, 1.165) is 38.5 Å². The number of methoxy groups -OCH3 is 1. The van der Waals surface area contributed by atoms with Crippen molar-refractivity contribution in [1.29, 1.82) is 0 Å². The van der Waals surface area contributed by atoms with Gasteiger partial charge in [0.25, 0.3) is 0 Å². The van der Waals surface area contributed by atoms with Gasteiger partial charge in [0, 0.05) is 12.6 Å². The van der Waals surface area contributed by atoms with E-state index in [2.05, 4.69) is 13.8 Å². The van der Waals surface area contributed by atoms with Crippen molar-refractivity contribution in [3.8, 4) is 0 Å². The van der Waals surface area contributed by atoms with E-state index in [4.69, 9.17) is 15.2 Å². The SMILES string of the molecule is CCOC1C[C@@]2(C)C(CC[C@@H]3[C@H]2C(N)C[C@]2(C)C(C(=O)OC)CC[C@@H]32)CC1O. The molecule has 5 unspecified atom stereocenters. The monoisotopic (exact) mass is 393 g/mol. The average Bonchev–Trinajstić information content (AvgIpc) is 2.98. The number of hydrogen-bond donors (Lipinski definition) is 2. The fraction of sp³-hybridized carbons (Fsp3) is 0.957. The summed E-state index contributed by atoms with van der Waals surface area (Å²) in [5.41, 5.74) is 7.01. The molecule has 4 saturated carbocycles. The maximum atomic E-state index is 12.5. The molecule has 28 heavy (non-hydrogen) atoms. The molecule has 10 atom stereocenters. The fourth-order valence-electron chi connectivity index (χ4n) is 8.43. The Labute approximate surface area is 169 Å². The first-order valence-electron chi connectivity index (χ1n) is 11.4. The van der Waals surface area contributed by atoms with E-state index in [0.29, 0.717) is 30.3 Å². The zero-order valence-electron chi connectivity index (χ0n) is 18.0. The van der Waals surface area contributed by atoms with Crippen molar-refractivity contribution in [1.82, 2.24) is 0 Å². The third-order valence-electron chi connectivity index (χ3n) is 9.53. The van der Waals surface area contributed by atoms with Crippen molar-refractivity contribution in [3.05, 3.63) is 0 Å². The Balaban J connectivity index is 1.64. The van der Waals surface area contributed by atoms with Gasteiger partial charge >= 0.3 is 5.97 Å². The Hall–Kier alpha value is -0.650. The van der Waals surface area contributed by atoms with Crippen molar-refractivity contribution < 1.29 is 19.4 Å². The Morgan fingerprint density at radius 1 is 1.14 bits per heavy atom. The van der Waals surface area contributed by atoms with Crippen molar-refractivity contribution in [2.45, 2.75) is 84.0 Å². The molecule has 0 aromatic carbocycles. The van der Waals surface area contributed by atoms with Gasteiger partial charge in [0.1, 0.15) is 0 Å². The van der Waals surface area contributed by atoms with Gasteiger partial charge in [-0.2, -0.15) is 0 Å². The number of carbonyl (C=O) groups is 1. The van der Waals surface area contributed by atoms with Crippen LogP contribution in [0.25, 0.3) is 0 Å². The molecule has 3 N–H and O–H groups in total. The largest absolute Gasteiger partial charge is 0.469 e. The normalized spacial score (nSPS) is 53.1. The molecule has 4 aliphatic rings. The molecular weight excluding hydrogens is 354 g/mol. The molecule has 0 bridgehead atoms. The number of esters is 1. The second-order valence-electron chi connectivity index (χ2n) is 10.6. The Morgan fingerprint density at radius 3 is 2.57 bits per heavy atom. The first kappa shape index (κ1) is 20.6. The van der Waals surface area contributed by atoms with Crippen LogP contribution in [0.3, 0.4) is 0 Å². The zero-order valence-corrected chi connectivity index (χ0v) is 18.0. The van der Waals surface area contributed by atoms with E-state index >= 15 is 0 Å². The predicted molar refractivity (Wildman–Crippen MR) is 107 cm³/mol. The molecule has 0 spiro atoms. The first-order chi connectivity index (χ1) is 13.3. The van der Waals surface area contributed by atoms with Crippen LogP contribution in [0.5, 0.6) is 0 Å². The van der Waals surface area contributed by atoms with Gasteiger partial charge in [0.15, 0.2) is 0 Å². The van der Waals surface area contributed by atoms with Gasteiger partial charge < -0.3 is 20.3 Å². The summed E-state index contributed by atoms with van der Waals surface area (Å²) >= 11 is 0. The lowest BCUT2D eigenvalue weighted by Crippen LogP contribution is -2.63. The van der Waals surface area contributed by atoms with Crippen molar-refractivity contribution in [2.24, 2.45) is 46.2 Å². The highest BCUT2D eigenvalue weighted by molar-refractivity contribution is 5.73. The van der Waals surface area contributed by atoms with E-state index < -0.39 is 0 Å². The third-order valence-corrected chi connectivity index (χ3v) is 9.53. The summed E-state index contributed by atoms with van der Waals surface area (Å²) in [7, 11) is 1.51. The highest BCUT2D eigenvalue weighted by Crippen LogP contribution is 2.67. The molecule has 0 saturated heterocycles. The number of rotatable bonds is 3. The van der Waals surface area contributed by atoms with Crippen LogP contribution in [0.15, 0.2) is 0 Å². The fourth-order valence-corrected chi connectivity index (χ4v) is 8.43. The van der Waals surface area contributed by atoms with Gasteiger partial charge in [-0.05, 0) is 86.4 Å². The topological polar surface area (TPSA) is 81.8 Å². The van der Waals surface area contributed by atoms with Crippen LogP contribution >= 0.6 is 0 Å². The standard InChI is InChI=1S/C23H39NO4/c1-5-28-19-12-22(2)13(10-18(19)25)6-7-14-15-8-9-16(21(26)27-4)23(15,3)11-17(24)20(14)22/h13-20,25H,5-12,24H2,1-4H3/t13?,14-,15-,16?,17?,18?,19?,20-,22-,23-/m0/s1. The summed E-state index contributed by atoms with van der Waals surface area (Å²) in [4.78, 5) is 12.5. The second-order valence-corrected chi connectivity index (χ2v) is 10.6. The van der Waals surface area contributed by atoms with E-state index in [-0.39, 0.29) is 41.0 Å².